The lowest BCUT2D eigenvalue weighted by atomic mass is 10.1. The SMILES string of the molecule is COC(=O)/C=C(/c1ccccc1)N(C)C(=O)c1ccccc1. The Morgan fingerprint density at radius 3 is 1.91 bits per heavy atom. The fourth-order valence-electron chi connectivity index (χ4n) is 2.04. The Morgan fingerprint density at radius 1 is 0.909 bits per heavy atom. The van der Waals surface area contributed by atoms with Crippen LogP contribution in [0, 0.1) is 0 Å². The van der Waals surface area contributed by atoms with Gasteiger partial charge in [0.25, 0.3) is 5.91 Å². The minimum atomic E-state index is -0.508. The normalized spacial score (nSPS) is 10.9. The number of ether oxygens (including phenoxy) is 1. The number of hydrogen-bond donors (Lipinski definition) is 0. The minimum Gasteiger partial charge on any atom is -0.466 e. The van der Waals surface area contributed by atoms with Gasteiger partial charge >= 0.3 is 5.97 Å². The molecule has 0 radical (unpaired) electrons. The van der Waals surface area contributed by atoms with Gasteiger partial charge in [-0.2, -0.15) is 0 Å². The molecule has 0 aliphatic carbocycles. The number of benzene rings is 2. The third-order valence-corrected chi connectivity index (χ3v) is 3.21. The summed E-state index contributed by atoms with van der Waals surface area (Å²) in [6.45, 7) is 0. The molecular formula is C18H17NO3. The standard InChI is InChI=1S/C18H17NO3/c1-19(18(21)15-11-7-4-8-12-15)16(13-17(20)22-2)14-9-5-3-6-10-14/h3-13H,1-2H3/b16-13-. The molecule has 0 unspecified atom stereocenters. The first kappa shape index (κ1) is 15.5. The monoisotopic (exact) mass is 295 g/mol. The lowest BCUT2D eigenvalue weighted by molar-refractivity contribution is -0.134. The van der Waals surface area contributed by atoms with E-state index in [0.29, 0.717) is 11.3 Å². The summed E-state index contributed by atoms with van der Waals surface area (Å²) in [5.41, 5.74) is 1.80. The van der Waals surface area contributed by atoms with E-state index in [9.17, 15) is 9.59 Å². The quantitative estimate of drug-likeness (QED) is 0.643. The summed E-state index contributed by atoms with van der Waals surface area (Å²) in [6.07, 6.45) is 1.32. The molecule has 0 N–H and O–H groups in total. The summed E-state index contributed by atoms with van der Waals surface area (Å²) in [4.78, 5) is 25.6. The van der Waals surface area contributed by atoms with Crippen LogP contribution in [0.3, 0.4) is 0 Å². The van der Waals surface area contributed by atoms with E-state index < -0.39 is 5.97 Å². The molecule has 1 amide bonds. The van der Waals surface area contributed by atoms with Gasteiger partial charge < -0.3 is 9.64 Å². The van der Waals surface area contributed by atoms with Crippen LogP contribution in [0.4, 0.5) is 0 Å². The van der Waals surface area contributed by atoms with Gasteiger partial charge in [0.05, 0.1) is 12.8 Å². The maximum Gasteiger partial charge on any atom is 0.332 e. The summed E-state index contributed by atoms with van der Waals surface area (Å²) in [5.74, 6) is -0.703. The third-order valence-electron chi connectivity index (χ3n) is 3.21. The zero-order valence-corrected chi connectivity index (χ0v) is 12.5. The lowest BCUT2D eigenvalue weighted by Crippen LogP contribution is -2.26. The van der Waals surface area contributed by atoms with Crippen molar-refractivity contribution in [2.24, 2.45) is 0 Å². The van der Waals surface area contributed by atoms with Crippen molar-refractivity contribution in [1.82, 2.24) is 4.90 Å². The van der Waals surface area contributed by atoms with E-state index in [1.807, 2.05) is 36.4 Å². The first-order valence-electron chi connectivity index (χ1n) is 6.81. The van der Waals surface area contributed by atoms with Crippen molar-refractivity contribution in [1.29, 1.82) is 0 Å². The molecule has 0 aliphatic heterocycles. The zero-order chi connectivity index (χ0) is 15.9. The number of hydrogen-bond acceptors (Lipinski definition) is 3. The Bertz CT molecular complexity index is 678. The molecule has 0 fully saturated rings. The van der Waals surface area contributed by atoms with Gasteiger partial charge in [0.2, 0.25) is 0 Å². The summed E-state index contributed by atoms with van der Waals surface area (Å²) < 4.78 is 4.68. The van der Waals surface area contributed by atoms with Crippen LogP contribution >= 0.6 is 0 Å². The van der Waals surface area contributed by atoms with Crippen LogP contribution in [-0.4, -0.2) is 30.9 Å². The molecule has 4 heteroatoms. The molecule has 0 aliphatic rings. The highest BCUT2D eigenvalue weighted by Gasteiger charge is 2.18. The molecule has 2 aromatic carbocycles. The number of methoxy groups -OCH3 is 1. The fraction of sp³-hybridized carbons (Fsp3) is 0.111. The van der Waals surface area contributed by atoms with Crippen molar-refractivity contribution in [3.8, 4) is 0 Å². The molecule has 2 aromatic rings. The van der Waals surface area contributed by atoms with E-state index in [0.717, 1.165) is 5.56 Å². The number of rotatable bonds is 4. The molecule has 0 saturated carbocycles. The Morgan fingerprint density at radius 2 is 1.41 bits per heavy atom. The molecule has 2 rings (SSSR count). The molecule has 112 valence electrons. The maximum absolute atomic E-state index is 12.6. The van der Waals surface area contributed by atoms with Crippen LogP contribution in [0.1, 0.15) is 15.9 Å². The molecule has 0 heterocycles. The first-order valence-corrected chi connectivity index (χ1v) is 6.81. The second-order valence-electron chi connectivity index (χ2n) is 4.65. The second-order valence-corrected chi connectivity index (χ2v) is 4.65. The molecule has 4 nitrogen and oxygen atoms in total. The van der Waals surface area contributed by atoms with Crippen LogP contribution in [-0.2, 0) is 9.53 Å². The highest BCUT2D eigenvalue weighted by molar-refractivity contribution is 6.02. The van der Waals surface area contributed by atoms with E-state index in [-0.39, 0.29) is 5.91 Å². The van der Waals surface area contributed by atoms with Crippen LogP contribution in [0.25, 0.3) is 5.70 Å². The van der Waals surface area contributed by atoms with Gasteiger partial charge in [-0.15, -0.1) is 0 Å². The summed E-state index contributed by atoms with van der Waals surface area (Å²) in [6, 6.07) is 18.2. The van der Waals surface area contributed by atoms with Crippen LogP contribution < -0.4 is 0 Å². The van der Waals surface area contributed by atoms with E-state index in [4.69, 9.17) is 0 Å². The fourth-order valence-corrected chi connectivity index (χ4v) is 2.04. The van der Waals surface area contributed by atoms with Crippen molar-refractivity contribution in [2.75, 3.05) is 14.2 Å². The number of carbonyl (C=O) groups excluding carboxylic acids is 2. The van der Waals surface area contributed by atoms with Crippen LogP contribution in [0.15, 0.2) is 66.7 Å². The van der Waals surface area contributed by atoms with E-state index in [1.54, 1.807) is 31.3 Å². The van der Waals surface area contributed by atoms with Crippen molar-refractivity contribution in [3.05, 3.63) is 77.9 Å². The Hall–Kier alpha value is -2.88. The smallest absolute Gasteiger partial charge is 0.332 e. The van der Waals surface area contributed by atoms with Crippen molar-refractivity contribution in [3.63, 3.8) is 0 Å². The largest absolute Gasteiger partial charge is 0.466 e. The summed E-state index contributed by atoms with van der Waals surface area (Å²) in [5, 5.41) is 0. The average Bonchev–Trinajstić information content (AvgIpc) is 2.59. The van der Waals surface area contributed by atoms with Crippen molar-refractivity contribution in [2.45, 2.75) is 0 Å². The van der Waals surface area contributed by atoms with Crippen LogP contribution in [0.2, 0.25) is 0 Å². The molecule has 0 spiro atoms. The number of esters is 1. The predicted molar refractivity (Wildman–Crippen MR) is 85.0 cm³/mol. The predicted octanol–water partition coefficient (Wildman–Crippen LogP) is 2.97. The van der Waals surface area contributed by atoms with Gasteiger partial charge in [-0.1, -0.05) is 48.5 Å². The van der Waals surface area contributed by atoms with E-state index in [1.165, 1.54) is 18.1 Å². The van der Waals surface area contributed by atoms with Crippen molar-refractivity contribution < 1.29 is 14.3 Å². The number of carbonyl (C=O) groups is 2. The summed E-state index contributed by atoms with van der Waals surface area (Å²) in [7, 11) is 2.94. The van der Waals surface area contributed by atoms with Crippen LogP contribution in [0.5, 0.6) is 0 Å². The molecular weight excluding hydrogens is 278 g/mol. The number of nitrogens with zero attached hydrogens (tertiary/aromatic N) is 1. The van der Waals surface area contributed by atoms with Gasteiger partial charge in [-0.25, -0.2) is 4.79 Å². The highest BCUT2D eigenvalue weighted by Crippen LogP contribution is 2.20. The first-order chi connectivity index (χ1) is 10.6. The minimum absolute atomic E-state index is 0.195. The van der Waals surface area contributed by atoms with Crippen molar-refractivity contribution >= 4 is 17.6 Å². The topological polar surface area (TPSA) is 46.6 Å². The van der Waals surface area contributed by atoms with Gasteiger partial charge in [0.15, 0.2) is 0 Å². The molecule has 0 atom stereocenters. The molecule has 0 bridgehead atoms. The molecule has 0 saturated heterocycles. The number of amides is 1. The second kappa shape index (κ2) is 7.22. The third kappa shape index (κ3) is 3.61. The van der Waals surface area contributed by atoms with Gasteiger partial charge in [-0.3, -0.25) is 4.79 Å². The van der Waals surface area contributed by atoms with E-state index >= 15 is 0 Å². The van der Waals surface area contributed by atoms with Gasteiger partial charge in [0.1, 0.15) is 0 Å². The Balaban J connectivity index is 2.39. The zero-order valence-electron chi connectivity index (χ0n) is 12.5. The lowest BCUT2D eigenvalue weighted by Gasteiger charge is -2.21. The Labute approximate surface area is 129 Å². The Kier molecular flexibility index (Phi) is 5.09. The highest BCUT2D eigenvalue weighted by atomic mass is 16.5. The van der Waals surface area contributed by atoms with E-state index in [2.05, 4.69) is 4.74 Å². The average molecular weight is 295 g/mol. The van der Waals surface area contributed by atoms with Gasteiger partial charge in [-0.05, 0) is 17.7 Å². The maximum atomic E-state index is 12.6. The molecule has 0 aromatic heterocycles. The summed E-state index contributed by atoms with van der Waals surface area (Å²) >= 11 is 0. The molecule has 22 heavy (non-hydrogen) atoms. The van der Waals surface area contributed by atoms with Gasteiger partial charge in [0, 0.05) is 18.7 Å².